The van der Waals surface area contributed by atoms with Crippen molar-refractivity contribution in [2.24, 2.45) is 0 Å². The van der Waals surface area contributed by atoms with Gasteiger partial charge in [0.1, 0.15) is 9.84 Å². The highest BCUT2D eigenvalue weighted by Crippen LogP contribution is 2.22. The van der Waals surface area contributed by atoms with E-state index in [0.717, 1.165) is 16.3 Å². The molecule has 1 N–H and O–H groups in total. The molecule has 1 aliphatic heterocycles. The number of sulfone groups is 1. The van der Waals surface area contributed by atoms with Gasteiger partial charge in [-0.3, -0.25) is 4.79 Å². The first-order valence-corrected chi connectivity index (χ1v) is 9.76. The Morgan fingerprint density at radius 2 is 1.74 bits per heavy atom. The molecule has 0 aliphatic carbocycles. The zero-order valence-electron chi connectivity index (χ0n) is 13.2. The van der Waals surface area contributed by atoms with Crippen molar-refractivity contribution in [1.82, 2.24) is 5.32 Å². The first-order chi connectivity index (χ1) is 10.9. The number of rotatable bonds is 3. The van der Waals surface area contributed by atoms with E-state index in [0.29, 0.717) is 12.8 Å². The maximum absolute atomic E-state index is 12.4. The highest BCUT2D eigenvalue weighted by atomic mass is 32.2. The third-order valence-electron chi connectivity index (χ3n) is 4.57. The number of benzene rings is 2. The molecular weight excluding hydrogens is 310 g/mol. The Morgan fingerprint density at radius 1 is 1.09 bits per heavy atom. The van der Waals surface area contributed by atoms with Crippen LogP contribution in [-0.4, -0.2) is 31.9 Å². The van der Waals surface area contributed by atoms with Gasteiger partial charge >= 0.3 is 0 Å². The highest BCUT2D eigenvalue weighted by Gasteiger charge is 2.26. The number of nitrogens with one attached hydrogen (secondary N) is 1. The van der Waals surface area contributed by atoms with E-state index < -0.39 is 9.84 Å². The number of hydrogen-bond donors (Lipinski definition) is 1. The minimum atomic E-state index is -2.90. The molecule has 1 amide bonds. The summed E-state index contributed by atoms with van der Waals surface area (Å²) >= 11 is 0. The molecule has 2 aromatic carbocycles. The Morgan fingerprint density at radius 3 is 2.43 bits per heavy atom. The summed E-state index contributed by atoms with van der Waals surface area (Å²) in [6, 6.07) is 14.1. The van der Waals surface area contributed by atoms with Crippen LogP contribution in [0.25, 0.3) is 10.8 Å². The molecule has 3 rings (SSSR count). The summed E-state index contributed by atoms with van der Waals surface area (Å²) in [5, 5.41) is 5.27. The van der Waals surface area contributed by atoms with Crippen LogP contribution in [-0.2, 0) is 14.6 Å². The van der Waals surface area contributed by atoms with E-state index in [9.17, 15) is 13.2 Å². The predicted molar refractivity (Wildman–Crippen MR) is 92.2 cm³/mol. The first-order valence-electron chi connectivity index (χ1n) is 7.94. The molecule has 0 bridgehead atoms. The summed E-state index contributed by atoms with van der Waals surface area (Å²) in [6.45, 7) is 1.89. The van der Waals surface area contributed by atoms with Gasteiger partial charge in [-0.25, -0.2) is 8.42 Å². The quantitative estimate of drug-likeness (QED) is 0.940. The lowest BCUT2D eigenvalue weighted by Gasteiger charge is -2.24. The molecule has 1 saturated heterocycles. The van der Waals surface area contributed by atoms with E-state index >= 15 is 0 Å². The summed E-state index contributed by atoms with van der Waals surface area (Å²) in [4.78, 5) is 12.4. The van der Waals surface area contributed by atoms with Gasteiger partial charge in [0.2, 0.25) is 5.91 Å². The van der Waals surface area contributed by atoms with Crippen LogP contribution < -0.4 is 5.32 Å². The van der Waals surface area contributed by atoms with Crippen molar-refractivity contribution in [2.45, 2.75) is 31.7 Å². The predicted octanol–water partition coefficient (Wildman–Crippen LogP) is 2.64. The lowest BCUT2D eigenvalue weighted by Crippen LogP contribution is -2.42. The zero-order valence-corrected chi connectivity index (χ0v) is 14.0. The van der Waals surface area contributed by atoms with Crippen molar-refractivity contribution < 1.29 is 13.2 Å². The molecule has 1 fully saturated rings. The molecule has 5 heteroatoms. The van der Waals surface area contributed by atoms with E-state index in [1.165, 1.54) is 0 Å². The number of hydrogen-bond acceptors (Lipinski definition) is 3. The average molecular weight is 331 g/mol. The van der Waals surface area contributed by atoms with Gasteiger partial charge in [-0.1, -0.05) is 42.5 Å². The van der Waals surface area contributed by atoms with E-state index in [1.807, 2.05) is 49.4 Å². The van der Waals surface area contributed by atoms with Crippen LogP contribution in [0.3, 0.4) is 0 Å². The van der Waals surface area contributed by atoms with Crippen LogP contribution >= 0.6 is 0 Å². The van der Waals surface area contributed by atoms with Gasteiger partial charge < -0.3 is 5.32 Å². The van der Waals surface area contributed by atoms with Gasteiger partial charge in [0.25, 0.3) is 0 Å². The average Bonchev–Trinajstić information content (AvgIpc) is 2.55. The molecule has 1 aliphatic rings. The molecule has 4 nitrogen and oxygen atoms in total. The number of fused-ring (bicyclic) bond motifs is 1. The van der Waals surface area contributed by atoms with Gasteiger partial charge in [0.15, 0.2) is 0 Å². The molecule has 0 unspecified atom stereocenters. The fourth-order valence-corrected chi connectivity index (χ4v) is 4.48. The summed E-state index contributed by atoms with van der Waals surface area (Å²) in [5.74, 6) is 0.0488. The largest absolute Gasteiger partial charge is 0.353 e. The summed E-state index contributed by atoms with van der Waals surface area (Å²) in [5.41, 5.74) is 0.977. The Hall–Kier alpha value is -1.88. The second kappa shape index (κ2) is 6.32. The number of carbonyl (C=O) groups excluding carboxylic acids is 1. The highest BCUT2D eigenvalue weighted by molar-refractivity contribution is 7.91. The molecule has 1 atom stereocenters. The number of amides is 1. The third kappa shape index (κ3) is 3.72. The lowest BCUT2D eigenvalue weighted by molar-refractivity contribution is -0.123. The normalized spacial score (nSPS) is 19.3. The van der Waals surface area contributed by atoms with Crippen molar-refractivity contribution in [3.05, 3.63) is 48.0 Å². The Balaban J connectivity index is 1.69. The van der Waals surface area contributed by atoms with Crippen molar-refractivity contribution in [3.8, 4) is 0 Å². The fraction of sp³-hybridized carbons (Fsp3) is 0.389. The van der Waals surface area contributed by atoms with E-state index in [2.05, 4.69) is 5.32 Å². The molecular formula is C18H21NO3S. The summed E-state index contributed by atoms with van der Waals surface area (Å²) in [6.07, 6.45) is 1.02. The molecule has 1 heterocycles. The maximum Gasteiger partial charge on any atom is 0.227 e. The van der Waals surface area contributed by atoms with Crippen molar-refractivity contribution in [3.63, 3.8) is 0 Å². The second-order valence-electron chi connectivity index (χ2n) is 6.26. The van der Waals surface area contributed by atoms with Crippen LogP contribution in [0.5, 0.6) is 0 Å². The van der Waals surface area contributed by atoms with Crippen LogP contribution in [0.1, 0.15) is 31.2 Å². The Kier molecular flexibility index (Phi) is 4.39. The second-order valence-corrected chi connectivity index (χ2v) is 8.57. The molecule has 122 valence electrons. The summed E-state index contributed by atoms with van der Waals surface area (Å²) < 4.78 is 22.9. The molecule has 0 spiro atoms. The van der Waals surface area contributed by atoms with E-state index in [4.69, 9.17) is 0 Å². The maximum atomic E-state index is 12.4. The zero-order chi connectivity index (χ0) is 16.4. The number of carbonyl (C=O) groups is 1. The van der Waals surface area contributed by atoms with E-state index in [-0.39, 0.29) is 29.4 Å². The summed E-state index contributed by atoms with van der Waals surface area (Å²) in [7, 11) is -2.90. The molecule has 23 heavy (non-hydrogen) atoms. The smallest absolute Gasteiger partial charge is 0.227 e. The van der Waals surface area contributed by atoms with Gasteiger partial charge in [-0.05, 0) is 36.1 Å². The van der Waals surface area contributed by atoms with Crippen LogP contribution in [0.4, 0.5) is 0 Å². The van der Waals surface area contributed by atoms with Crippen molar-refractivity contribution >= 4 is 26.5 Å². The SMILES string of the molecule is C[C@@H](C(=O)NC1CCS(=O)(=O)CC1)c1ccc2ccccc2c1. The van der Waals surface area contributed by atoms with Crippen LogP contribution in [0, 0.1) is 0 Å². The van der Waals surface area contributed by atoms with Crippen molar-refractivity contribution in [1.29, 1.82) is 0 Å². The fourth-order valence-electron chi connectivity index (χ4n) is 2.99. The molecule has 0 saturated carbocycles. The lowest BCUT2D eigenvalue weighted by atomic mass is 9.96. The Labute approximate surface area is 136 Å². The topological polar surface area (TPSA) is 63.2 Å². The van der Waals surface area contributed by atoms with Gasteiger partial charge in [-0.2, -0.15) is 0 Å². The standard InChI is InChI=1S/C18H21NO3S/c1-13(15-7-6-14-4-2-3-5-16(14)12-15)18(20)19-17-8-10-23(21,22)11-9-17/h2-7,12-13,17H,8-11H2,1H3,(H,19,20)/t13-/m1/s1. The van der Waals surface area contributed by atoms with Crippen molar-refractivity contribution in [2.75, 3.05) is 11.5 Å². The third-order valence-corrected chi connectivity index (χ3v) is 6.28. The van der Waals surface area contributed by atoms with Crippen LogP contribution in [0.2, 0.25) is 0 Å². The van der Waals surface area contributed by atoms with Gasteiger partial charge in [0.05, 0.1) is 17.4 Å². The van der Waals surface area contributed by atoms with Gasteiger partial charge in [0, 0.05) is 6.04 Å². The molecule has 0 radical (unpaired) electrons. The monoisotopic (exact) mass is 331 g/mol. The van der Waals surface area contributed by atoms with Gasteiger partial charge in [-0.15, -0.1) is 0 Å². The molecule has 2 aromatic rings. The van der Waals surface area contributed by atoms with Crippen LogP contribution in [0.15, 0.2) is 42.5 Å². The minimum absolute atomic E-state index is 0.0334. The molecule has 0 aromatic heterocycles. The minimum Gasteiger partial charge on any atom is -0.353 e. The first kappa shape index (κ1) is 16.0. The van der Waals surface area contributed by atoms with E-state index in [1.54, 1.807) is 0 Å². The Bertz CT molecular complexity index is 815.